The minimum absolute atomic E-state index is 0.196. The highest BCUT2D eigenvalue weighted by molar-refractivity contribution is 7.15. The van der Waals surface area contributed by atoms with Crippen LogP contribution in [0.5, 0.6) is 5.75 Å². The summed E-state index contributed by atoms with van der Waals surface area (Å²) < 4.78 is 11.1. The molecule has 0 bridgehead atoms. The first-order chi connectivity index (χ1) is 14.1. The zero-order valence-electron chi connectivity index (χ0n) is 15.9. The highest BCUT2D eigenvalue weighted by Gasteiger charge is 2.20. The molecule has 8 heteroatoms. The van der Waals surface area contributed by atoms with Crippen molar-refractivity contribution in [3.63, 3.8) is 0 Å². The largest absolute Gasteiger partial charge is 0.486 e. The molecular formula is C21H18N4O3S. The van der Waals surface area contributed by atoms with Gasteiger partial charge < -0.3 is 9.15 Å². The van der Waals surface area contributed by atoms with E-state index >= 15 is 0 Å². The minimum Gasteiger partial charge on any atom is -0.486 e. The molecule has 0 aliphatic heterocycles. The summed E-state index contributed by atoms with van der Waals surface area (Å²) in [4.78, 5) is 16.7. The second-order valence-corrected chi connectivity index (χ2v) is 7.51. The van der Waals surface area contributed by atoms with Crippen molar-refractivity contribution < 1.29 is 13.9 Å². The van der Waals surface area contributed by atoms with E-state index in [0.29, 0.717) is 15.9 Å². The monoisotopic (exact) mass is 406 g/mol. The van der Waals surface area contributed by atoms with Crippen LogP contribution in [-0.4, -0.2) is 21.1 Å². The molecule has 2 aromatic carbocycles. The van der Waals surface area contributed by atoms with Crippen molar-refractivity contribution in [2.45, 2.75) is 20.5 Å². The molecule has 0 aliphatic rings. The summed E-state index contributed by atoms with van der Waals surface area (Å²) in [7, 11) is 0. The molecule has 0 spiro atoms. The number of oxazole rings is 1. The van der Waals surface area contributed by atoms with Crippen molar-refractivity contribution in [3.05, 3.63) is 76.8 Å². The number of ether oxygens (including phenoxy) is 1. The number of aryl methyl sites for hydroxylation is 2. The number of hydrogen-bond acceptors (Lipinski definition) is 7. The number of rotatable bonds is 6. The van der Waals surface area contributed by atoms with Gasteiger partial charge in [0.1, 0.15) is 12.4 Å². The molecule has 29 heavy (non-hydrogen) atoms. The Morgan fingerprint density at radius 3 is 2.45 bits per heavy atom. The zero-order chi connectivity index (χ0) is 20.2. The van der Waals surface area contributed by atoms with E-state index in [0.717, 1.165) is 22.4 Å². The summed E-state index contributed by atoms with van der Waals surface area (Å²) in [6, 6.07) is 15.4. The fourth-order valence-electron chi connectivity index (χ4n) is 2.62. The maximum absolute atomic E-state index is 12.6. The molecule has 4 rings (SSSR count). The number of aromatic nitrogens is 3. The molecule has 7 nitrogen and oxygen atoms in total. The number of carbonyl (C=O) groups excluding carboxylic acids is 1. The molecule has 146 valence electrons. The lowest BCUT2D eigenvalue weighted by molar-refractivity contribution is 0.102. The zero-order valence-corrected chi connectivity index (χ0v) is 16.7. The van der Waals surface area contributed by atoms with Gasteiger partial charge in [0.2, 0.25) is 5.13 Å². The van der Waals surface area contributed by atoms with Gasteiger partial charge in [0.15, 0.2) is 22.9 Å². The van der Waals surface area contributed by atoms with Crippen LogP contribution in [-0.2, 0) is 6.61 Å². The lowest BCUT2D eigenvalue weighted by Gasteiger charge is -2.03. The Labute approximate surface area is 171 Å². The Kier molecular flexibility index (Phi) is 5.35. The fourth-order valence-corrected chi connectivity index (χ4v) is 3.26. The molecule has 0 fully saturated rings. The van der Waals surface area contributed by atoms with Crippen LogP contribution in [0.15, 0.2) is 59.3 Å². The maximum Gasteiger partial charge on any atom is 0.280 e. The second-order valence-electron chi connectivity index (χ2n) is 6.45. The van der Waals surface area contributed by atoms with Crippen LogP contribution in [0.1, 0.15) is 26.6 Å². The summed E-state index contributed by atoms with van der Waals surface area (Å²) >= 11 is 1.25. The van der Waals surface area contributed by atoms with Crippen LogP contribution in [0.4, 0.5) is 5.13 Å². The van der Waals surface area contributed by atoms with Gasteiger partial charge >= 0.3 is 0 Å². The van der Waals surface area contributed by atoms with Gasteiger partial charge in [-0.1, -0.05) is 58.9 Å². The van der Waals surface area contributed by atoms with Crippen LogP contribution < -0.4 is 10.1 Å². The standard InChI is InChI=1S/C21H18N4O3S/c1-13-3-7-15(8-4-13)19-18(22-12-28-19)20(26)23-21-25-24-17(29-21)11-27-16-9-5-14(2)6-10-16/h3-10,12H,11H2,1-2H3,(H,23,25,26). The van der Waals surface area contributed by atoms with Crippen molar-refractivity contribution in [1.82, 2.24) is 15.2 Å². The van der Waals surface area contributed by atoms with Crippen LogP contribution in [0, 0.1) is 13.8 Å². The summed E-state index contributed by atoms with van der Waals surface area (Å²) in [5, 5.41) is 11.8. The average Bonchev–Trinajstić information content (AvgIpc) is 3.38. The lowest BCUT2D eigenvalue weighted by Crippen LogP contribution is -2.13. The molecule has 0 unspecified atom stereocenters. The Balaban J connectivity index is 1.41. The molecule has 2 aromatic heterocycles. The average molecular weight is 406 g/mol. The van der Waals surface area contributed by atoms with Crippen LogP contribution in [0.2, 0.25) is 0 Å². The van der Waals surface area contributed by atoms with Gasteiger partial charge in [0.05, 0.1) is 0 Å². The Morgan fingerprint density at radius 2 is 1.72 bits per heavy atom. The first-order valence-electron chi connectivity index (χ1n) is 8.92. The van der Waals surface area contributed by atoms with Gasteiger partial charge in [-0.05, 0) is 26.0 Å². The van der Waals surface area contributed by atoms with Crippen molar-refractivity contribution in [2.24, 2.45) is 0 Å². The second kappa shape index (κ2) is 8.24. The SMILES string of the molecule is Cc1ccc(OCc2nnc(NC(=O)c3ncoc3-c3ccc(C)cc3)s2)cc1. The molecular weight excluding hydrogens is 388 g/mol. The first-order valence-corrected chi connectivity index (χ1v) is 9.74. The van der Waals surface area contributed by atoms with Gasteiger partial charge in [0, 0.05) is 5.56 Å². The summed E-state index contributed by atoms with van der Waals surface area (Å²) in [5.74, 6) is 0.758. The summed E-state index contributed by atoms with van der Waals surface area (Å²) in [5.41, 5.74) is 3.26. The van der Waals surface area contributed by atoms with E-state index in [1.54, 1.807) is 0 Å². The smallest absolute Gasteiger partial charge is 0.280 e. The van der Waals surface area contributed by atoms with Gasteiger partial charge in [-0.3, -0.25) is 10.1 Å². The minimum atomic E-state index is -0.406. The molecule has 0 atom stereocenters. The van der Waals surface area contributed by atoms with Gasteiger partial charge in [-0.25, -0.2) is 4.98 Å². The maximum atomic E-state index is 12.6. The molecule has 0 saturated heterocycles. The highest BCUT2D eigenvalue weighted by atomic mass is 32.1. The molecule has 1 amide bonds. The van der Waals surface area contributed by atoms with E-state index in [2.05, 4.69) is 20.5 Å². The number of benzene rings is 2. The van der Waals surface area contributed by atoms with Gasteiger partial charge in [0.25, 0.3) is 5.91 Å². The molecule has 0 saturated carbocycles. The van der Waals surface area contributed by atoms with E-state index in [1.165, 1.54) is 17.7 Å². The molecule has 2 heterocycles. The van der Waals surface area contributed by atoms with Crippen LogP contribution in [0.3, 0.4) is 0 Å². The lowest BCUT2D eigenvalue weighted by atomic mass is 10.1. The number of nitrogens with zero attached hydrogens (tertiary/aromatic N) is 3. The molecule has 0 aliphatic carbocycles. The quantitative estimate of drug-likeness (QED) is 0.502. The Hall–Kier alpha value is -3.52. The Morgan fingerprint density at radius 1 is 1.03 bits per heavy atom. The number of carbonyl (C=O) groups is 1. The first kappa shape index (κ1) is 18.8. The van der Waals surface area contributed by atoms with Crippen molar-refractivity contribution in [3.8, 4) is 17.1 Å². The number of nitrogens with one attached hydrogen (secondary N) is 1. The topological polar surface area (TPSA) is 90.1 Å². The number of anilines is 1. The number of hydrogen-bond donors (Lipinski definition) is 1. The third-order valence-corrected chi connectivity index (χ3v) is 4.98. The van der Waals surface area contributed by atoms with E-state index in [1.807, 2.05) is 62.4 Å². The Bertz CT molecular complexity index is 1120. The molecule has 0 radical (unpaired) electrons. The predicted octanol–water partition coefficient (Wildman–Crippen LogP) is 4.64. The van der Waals surface area contributed by atoms with E-state index < -0.39 is 5.91 Å². The fraction of sp³-hybridized carbons (Fsp3) is 0.143. The van der Waals surface area contributed by atoms with Crippen LogP contribution >= 0.6 is 11.3 Å². The number of amides is 1. The van der Waals surface area contributed by atoms with Crippen molar-refractivity contribution in [2.75, 3.05) is 5.32 Å². The van der Waals surface area contributed by atoms with Gasteiger partial charge in [-0.15, -0.1) is 10.2 Å². The van der Waals surface area contributed by atoms with E-state index in [9.17, 15) is 4.79 Å². The summed E-state index contributed by atoms with van der Waals surface area (Å²) in [6.07, 6.45) is 1.26. The van der Waals surface area contributed by atoms with E-state index in [-0.39, 0.29) is 12.3 Å². The van der Waals surface area contributed by atoms with Crippen molar-refractivity contribution >= 4 is 22.4 Å². The van der Waals surface area contributed by atoms with E-state index in [4.69, 9.17) is 9.15 Å². The normalized spacial score (nSPS) is 10.7. The third kappa shape index (κ3) is 4.49. The molecule has 1 N–H and O–H groups in total. The van der Waals surface area contributed by atoms with Crippen molar-refractivity contribution in [1.29, 1.82) is 0 Å². The van der Waals surface area contributed by atoms with Gasteiger partial charge in [-0.2, -0.15) is 0 Å². The molecule has 4 aromatic rings. The summed E-state index contributed by atoms with van der Waals surface area (Å²) in [6.45, 7) is 4.28. The van der Waals surface area contributed by atoms with Crippen LogP contribution in [0.25, 0.3) is 11.3 Å². The third-order valence-electron chi connectivity index (χ3n) is 4.17. The highest BCUT2D eigenvalue weighted by Crippen LogP contribution is 2.25. The predicted molar refractivity (Wildman–Crippen MR) is 110 cm³/mol.